The Labute approximate surface area is 100 Å². The van der Waals surface area contributed by atoms with E-state index in [0.717, 1.165) is 24.8 Å². The molecule has 0 fully saturated rings. The van der Waals surface area contributed by atoms with Crippen LogP contribution in [-0.4, -0.2) is 11.2 Å². The van der Waals surface area contributed by atoms with Crippen molar-refractivity contribution in [2.75, 3.05) is 10.6 Å². The first kappa shape index (κ1) is 10.7. The van der Waals surface area contributed by atoms with Gasteiger partial charge in [-0.25, -0.2) is 0 Å². The van der Waals surface area contributed by atoms with Gasteiger partial charge in [0.15, 0.2) is 0 Å². The average Bonchev–Trinajstić information content (AvgIpc) is 2.77. The topological polar surface area (TPSA) is 52.9 Å². The molecule has 0 saturated carbocycles. The number of aryl methyl sites for hydroxylation is 1. The van der Waals surface area contributed by atoms with Crippen LogP contribution < -0.4 is 5.32 Å². The number of hydrogen-bond acceptors (Lipinski definition) is 3. The van der Waals surface area contributed by atoms with Crippen LogP contribution in [0.25, 0.3) is 0 Å². The van der Waals surface area contributed by atoms with Crippen molar-refractivity contribution in [3.8, 4) is 6.07 Å². The Morgan fingerprint density at radius 1 is 1.60 bits per heavy atom. The second-order valence-electron chi connectivity index (χ2n) is 3.36. The lowest BCUT2D eigenvalue weighted by molar-refractivity contribution is -0.113. The van der Waals surface area contributed by atoms with E-state index in [1.165, 1.54) is 4.88 Å². The van der Waals surface area contributed by atoms with Gasteiger partial charge < -0.3 is 5.32 Å². The fourth-order valence-corrected chi connectivity index (χ4v) is 3.17. The van der Waals surface area contributed by atoms with Crippen LogP contribution in [-0.2, 0) is 17.6 Å². The summed E-state index contributed by atoms with van der Waals surface area (Å²) in [4.78, 5) is 12.5. The maximum Gasteiger partial charge on any atom is 0.235 e. The van der Waals surface area contributed by atoms with E-state index < -0.39 is 0 Å². The summed E-state index contributed by atoms with van der Waals surface area (Å²) in [6.45, 7) is 0. The number of rotatable bonds is 2. The van der Waals surface area contributed by atoms with E-state index in [0.29, 0.717) is 10.6 Å². The van der Waals surface area contributed by atoms with E-state index in [9.17, 15) is 4.79 Å². The standard InChI is InChI=1S/C10H9BrN2OS/c11-4-9(14)13-10-7(5-12)6-2-1-3-8(6)15-10/h1-4H2,(H,13,14). The molecule has 5 heteroatoms. The molecule has 1 heterocycles. The van der Waals surface area contributed by atoms with Gasteiger partial charge in [-0.2, -0.15) is 5.26 Å². The van der Waals surface area contributed by atoms with Crippen molar-refractivity contribution in [1.82, 2.24) is 0 Å². The quantitative estimate of drug-likeness (QED) is 0.848. The summed E-state index contributed by atoms with van der Waals surface area (Å²) in [5.74, 6) is -0.105. The van der Waals surface area contributed by atoms with Crippen LogP contribution in [0.3, 0.4) is 0 Å². The normalized spacial score (nSPS) is 13.3. The van der Waals surface area contributed by atoms with Crippen molar-refractivity contribution >= 4 is 38.2 Å². The third kappa shape index (κ3) is 1.92. The molecular weight excluding hydrogens is 276 g/mol. The first-order valence-corrected chi connectivity index (χ1v) is 6.60. The molecule has 1 N–H and O–H groups in total. The van der Waals surface area contributed by atoms with Gasteiger partial charge in [-0.15, -0.1) is 11.3 Å². The number of amides is 1. The second kappa shape index (κ2) is 4.33. The minimum Gasteiger partial charge on any atom is -0.316 e. The minimum absolute atomic E-state index is 0.105. The van der Waals surface area contributed by atoms with Gasteiger partial charge in [-0.1, -0.05) is 15.9 Å². The van der Waals surface area contributed by atoms with Crippen molar-refractivity contribution in [3.63, 3.8) is 0 Å². The lowest BCUT2D eigenvalue weighted by atomic mass is 10.1. The molecule has 0 aromatic carbocycles. The monoisotopic (exact) mass is 284 g/mol. The zero-order chi connectivity index (χ0) is 10.8. The van der Waals surface area contributed by atoms with Gasteiger partial charge in [-0.3, -0.25) is 4.79 Å². The Kier molecular flexibility index (Phi) is 3.08. The van der Waals surface area contributed by atoms with Gasteiger partial charge >= 0.3 is 0 Å². The summed E-state index contributed by atoms with van der Waals surface area (Å²) in [6.07, 6.45) is 3.14. The Balaban J connectivity index is 2.33. The summed E-state index contributed by atoms with van der Waals surface area (Å²) in [5.41, 5.74) is 1.81. The van der Waals surface area contributed by atoms with Crippen molar-refractivity contribution in [3.05, 3.63) is 16.0 Å². The maximum absolute atomic E-state index is 11.2. The number of carbonyl (C=O) groups excluding carboxylic acids is 1. The SMILES string of the molecule is N#Cc1c(NC(=O)CBr)sc2c1CCC2. The summed E-state index contributed by atoms with van der Waals surface area (Å²) < 4.78 is 0. The van der Waals surface area contributed by atoms with Crippen LogP contribution in [0.4, 0.5) is 5.00 Å². The highest BCUT2D eigenvalue weighted by Crippen LogP contribution is 2.38. The zero-order valence-corrected chi connectivity index (χ0v) is 10.4. The lowest BCUT2D eigenvalue weighted by Gasteiger charge is -2.00. The van der Waals surface area contributed by atoms with Crippen LogP contribution in [0.1, 0.15) is 22.4 Å². The van der Waals surface area contributed by atoms with Crippen LogP contribution in [0.5, 0.6) is 0 Å². The number of carbonyl (C=O) groups is 1. The first-order chi connectivity index (χ1) is 7.26. The average molecular weight is 285 g/mol. The smallest absolute Gasteiger partial charge is 0.235 e. The predicted molar refractivity (Wildman–Crippen MR) is 63.5 cm³/mol. The summed E-state index contributed by atoms with van der Waals surface area (Å²) in [5, 5.41) is 12.8. The third-order valence-corrected chi connectivity index (χ3v) is 4.12. The molecule has 15 heavy (non-hydrogen) atoms. The van der Waals surface area contributed by atoms with Gasteiger partial charge in [-0.05, 0) is 24.8 Å². The van der Waals surface area contributed by atoms with E-state index in [1.807, 2.05) is 0 Å². The number of nitrogens with one attached hydrogen (secondary N) is 1. The van der Waals surface area contributed by atoms with Crippen LogP contribution in [0, 0.1) is 11.3 Å². The third-order valence-electron chi connectivity index (χ3n) is 2.41. The number of hydrogen-bond donors (Lipinski definition) is 1. The van der Waals surface area contributed by atoms with Gasteiger partial charge in [0.25, 0.3) is 0 Å². The summed E-state index contributed by atoms with van der Waals surface area (Å²) >= 11 is 4.63. The number of anilines is 1. The van der Waals surface area contributed by atoms with E-state index in [-0.39, 0.29) is 11.2 Å². The summed E-state index contributed by atoms with van der Waals surface area (Å²) in [7, 11) is 0. The molecule has 1 aromatic heterocycles. The highest BCUT2D eigenvalue weighted by Gasteiger charge is 2.22. The zero-order valence-electron chi connectivity index (χ0n) is 7.97. The molecule has 78 valence electrons. The highest BCUT2D eigenvalue weighted by atomic mass is 79.9. The number of nitriles is 1. The molecular formula is C10H9BrN2OS. The van der Waals surface area contributed by atoms with Crippen molar-refractivity contribution in [2.45, 2.75) is 19.3 Å². The van der Waals surface area contributed by atoms with Gasteiger partial charge in [0, 0.05) is 4.88 Å². The Hall–Kier alpha value is -0.860. The van der Waals surface area contributed by atoms with Crippen LogP contribution >= 0.6 is 27.3 Å². The van der Waals surface area contributed by atoms with Crippen molar-refractivity contribution in [1.29, 1.82) is 5.26 Å². The number of fused-ring (bicyclic) bond motifs is 1. The molecule has 0 saturated heterocycles. The Morgan fingerprint density at radius 2 is 2.40 bits per heavy atom. The number of alkyl halides is 1. The van der Waals surface area contributed by atoms with E-state index in [2.05, 4.69) is 27.3 Å². The number of halogens is 1. The van der Waals surface area contributed by atoms with Crippen LogP contribution in [0.15, 0.2) is 0 Å². The molecule has 2 rings (SSSR count). The molecule has 0 radical (unpaired) electrons. The molecule has 1 aliphatic rings. The molecule has 0 aliphatic heterocycles. The molecule has 0 spiro atoms. The molecule has 1 amide bonds. The molecule has 1 aliphatic carbocycles. The maximum atomic E-state index is 11.2. The number of nitrogens with zero attached hydrogens (tertiary/aromatic N) is 1. The molecule has 1 aromatic rings. The van der Waals surface area contributed by atoms with Gasteiger partial charge in [0.1, 0.15) is 11.1 Å². The predicted octanol–water partition coefficient (Wildman–Crippen LogP) is 2.44. The first-order valence-electron chi connectivity index (χ1n) is 4.66. The molecule has 0 unspecified atom stereocenters. The van der Waals surface area contributed by atoms with E-state index in [4.69, 9.17) is 5.26 Å². The minimum atomic E-state index is -0.105. The molecule has 0 bridgehead atoms. The lowest BCUT2D eigenvalue weighted by Crippen LogP contribution is -2.12. The van der Waals surface area contributed by atoms with Crippen molar-refractivity contribution < 1.29 is 4.79 Å². The van der Waals surface area contributed by atoms with Crippen molar-refractivity contribution in [2.24, 2.45) is 0 Å². The van der Waals surface area contributed by atoms with E-state index >= 15 is 0 Å². The fraction of sp³-hybridized carbons (Fsp3) is 0.400. The molecule has 3 nitrogen and oxygen atoms in total. The van der Waals surface area contributed by atoms with E-state index in [1.54, 1.807) is 11.3 Å². The largest absolute Gasteiger partial charge is 0.316 e. The van der Waals surface area contributed by atoms with Gasteiger partial charge in [0.2, 0.25) is 5.91 Å². The second-order valence-corrected chi connectivity index (χ2v) is 5.02. The fourth-order valence-electron chi connectivity index (χ4n) is 1.77. The Bertz CT molecular complexity index is 447. The number of thiophene rings is 1. The molecule has 0 atom stereocenters. The van der Waals surface area contributed by atoms with Crippen LogP contribution in [0.2, 0.25) is 0 Å². The van der Waals surface area contributed by atoms with Gasteiger partial charge in [0.05, 0.1) is 10.9 Å². The summed E-state index contributed by atoms with van der Waals surface area (Å²) in [6, 6.07) is 2.19. The highest BCUT2D eigenvalue weighted by molar-refractivity contribution is 9.09. The Morgan fingerprint density at radius 3 is 3.07 bits per heavy atom.